The molecule has 0 atom stereocenters. The van der Waals surface area contributed by atoms with Crippen LogP contribution in [0.2, 0.25) is 5.02 Å². The lowest BCUT2D eigenvalue weighted by atomic mass is 10.1. The predicted molar refractivity (Wildman–Crippen MR) is 99.1 cm³/mol. The Morgan fingerprint density at radius 1 is 1.08 bits per heavy atom. The molecular formula is C20H20ClNO3. The van der Waals surface area contributed by atoms with Crippen molar-refractivity contribution in [2.75, 3.05) is 6.61 Å². The summed E-state index contributed by atoms with van der Waals surface area (Å²) in [5.41, 5.74) is 1.27. The molecule has 1 amide bonds. The van der Waals surface area contributed by atoms with Crippen LogP contribution in [0, 0.1) is 5.92 Å². The summed E-state index contributed by atoms with van der Waals surface area (Å²) in [6.45, 7) is 4.16. The van der Waals surface area contributed by atoms with Crippen LogP contribution in [0.5, 0.6) is 0 Å². The Morgan fingerprint density at radius 3 is 2.32 bits per heavy atom. The monoisotopic (exact) mass is 357 g/mol. The van der Waals surface area contributed by atoms with E-state index in [1.54, 1.807) is 54.6 Å². The van der Waals surface area contributed by atoms with Crippen molar-refractivity contribution in [2.45, 2.75) is 13.8 Å². The lowest BCUT2D eigenvalue weighted by Gasteiger charge is -2.12. The van der Waals surface area contributed by atoms with Crippen molar-refractivity contribution in [3.05, 3.63) is 76.4 Å². The molecule has 0 saturated carbocycles. The number of rotatable bonds is 6. The van der Waals surface area contributed by atoms with E-state index in [0.29, 0.717) is 10.6 Å². The Labute approximate surface area is 152 Å². The molecule has 0 bridgehead atoms. The quantitative estimate of drug-likeness (QED) is 0.619. The van der Waals surface area contributed by atoms with Gasteiger partial charge in [-0.05, 0) is 41.8 Å². The van der Waals surface area contributed by atoms with Gasteiger partial charge in [-0.25, -0.2) is 4.79 Å². The zero-order valence-corrected chi connectivity index (χ0v) is 14.9. The van der Waals surface area contributed by atoms with E-state index in [9.17, 15) is 9.59 Å². The highest BCUT2D eigenvalue weighted by Crippen LogP contribution is 2.13. The first-order chi connectivity index (χ1) is 12.0. The molecule has 0 aliphatic carbocycles. The highest BCUT2D eigenvalue weighted by Gasteiger charge is 2.16. The highest BCUT2D eigenvalue weighted by molar-refractivity contribution is 6.30. The Bertz CT molecular complexity index is 752. The minimum absolute atomic E-state index is 0.0804. The van der Waals surface area contributed by atoms with Gasteiger partial charge < -0.3 is 10.1 Å². The Morgan fingerprint density at radius 2 is 1.72 bits per heavy atom. The summed E-state index contributed by atoms with van der Waals surface area (Å²) in [4.78, 5) is 24.7. The minimum Gasteiger partial charge on any atom is -0.461 e. The van der Waals surface area contributed by atoms with Gasteiger partial charge in [0.05, 0.1) is 6.61 Å². The maximum Gasteiger partial charge on any atom is 0.354 e. The second-order valence-corrected chi connectivity index (χ2v) is 6.36. The molecule has 25 heavy (non-hydrogen) atoms. The minimum atomic E-state index is -0.576. The number of esters is 1. The van der Waals surface area contributed by atoms with Gasteiger partial charge in [0, 0.05) is 10.6 Å². The topological polar surface area (TPSA) is 55.4 Å². The van der Waals surface area contributed by atoms with Crippen molar-refractivity contribution in [3.63, 3.8) is 0 Å². The lowest BCUT2D eigenvalue weighted by molar-refractivity contribution is -0.140. The molecule has 0 unspecified atom stereocenters. The molecule has 5 heteroatoms. The van der Waals surface area contributed by atoms with E-state index in [1.165, 1.54) is 0 Å². The molecule has 0 saturated heterocycles. The molecule has 130 valence electrons. The van der Waals surface area contributed by atoms with Crippen LogP contribution in [-0.2, 0) is 9.53 Å². The standard InChI is InChI=1S/C20H20ClNO3/c1-14(2)13-25-20(24)18(12-15-8-10-17(21)11-9-15)22-19(23)16-6-4-3-5-7-16/h3-12,14H,13H2,1-2H3,(H,22,23). The zero-order chi connectivity index (χ0) is 18.2. The maximum absolute atomic E-state index is 12.4. The molecule has 0 fully saturated rings. The van der Waals surface area contributed by atoms with Crippen LogP contribution in [0.4, 0.5) is 0 Å². The average molecular weight is 358 g/mol. The summed E-state index contributed by atoms with van der Waals surface area (Å²) in [6.07, 6.45) is 1.57. The van der Waals surface area contributed by atoms with E-state index in [-0.39, 0.29) is 24.1 Å². The van der Waals surface area contributed by atoms with Crippen molar-refractivity contribution in [1.82, 2.24) is 5.32 Å². The first kappa shape index (κ1) is 18.7. The molecule has 2 aromatic carbocycles. The summed E-state index contributed by atoms with van der Waals surface area (Å²) in [7, 11) is 0. The third-order valence-electron chi connectivity index (χ3n) is 3.23. The first-order valence-electron chi connectivity index (χ1n) is 7.96. The highest BCUT2D eigenvalue weighted by atomic mass is 35.5. The van der Waals surface area contributed by atoms with E-state index >= 15 is 0 Å². The van der Waals surface area contributed by atoms with Gasteiger partial charge in [0.25, 0.3) is 5.91 Å². The maximum atomic E-state index is 12.4. The molecule has 0 aromatic heterocycles. The molecule has 0 aliphatic heterocycles. The number of amides is 1. The molecule has 2 rings (SSSR count). The summed E-state index contributed by atoms with van der Waals surface area (Å²) in [5.74, 6) is -0.749. The molecule has 2 aromatic rings. The van der Waals surface area contributed by atoms with Crippen molar-refractivity contribution >= 4 is 29.6 Å². The molecule has 0 heterocycles. The van der Waals surface area contributed by atoms with Crippen LogP contribution in [0.15, 0.2) is 60.3 Å². The average Bonchev–Trinajstić information content (AvgIpc) is 2.61. The van der Waals surface area contributed by atoms with Crippen molar-refractivity contribution in [2.24, 2.45) is 5.92 Å². The van der Waals surface area contributed by atoms with E-state index in [2.05, 4.69) is 5.32 Å². The number of carbonyl (C=O) groups excluding carboxylic acids is 2. The normalized spacial score (nSPS) is 11.3. The number of benzene rings is 2. The summed E-state index contributed by atoms with van der Waals surface area (Å²) in [6, 6.07) is 15.6. The van der Waals surface area contributed by atoms with Gasteiger partial charge in [0.2, 0.25) is 0 Å². The SMILES string of the molecule is CC(C)COC(=O)C(=Cc1ccc(Cl)cc1)NC(=O)c1ccccc1. The van der Waals surface area contributed by atoms with Crippen LogP contribution in [0.3, 0.4) is 0 Å². The largest absolute Gasteiger partial charge is 0.461 e. The van der Waals surface area contributed by atoms with Crippen molar-refractivity contribution < 1.29 is 14.3 Å². The van der Waals surface area contributed by atoms with Crippen LogP contribution < -0.4 is 5.32 Å². The van der Waals surface area contributed by atoms with Gasteiger partial charge in [0.1, 0.15) is 5.70 Å². The molecule has 4 nitrogen and oxygen atoms in total. The van der Waals surface area contributed by atoms with Crippen molar-refractivity contribution in [1.29, 1.82) is 0 Å². The van der Waals surface area contributed by atoms with Crippen LogP contribution >= 0.6 is 11.6 Å². The summed E-state index contributed by atoms with van der Waals surface area (Å²) >= 11 is 5.88. The Balaban J connectivity index is 2.23. The number of halogens is 1. The Hall–Kier alpha value is -2.59. The molecular weight excluding hydrogens is 338 g/mol. The zero-order valence-electron chi connectivity index (χ0n) is 14.2. The van der Waals surface area contributed by atoms with Gasteiger partial charge >= 0.3 is 5.97 Å². The summed E-state index contributed by atoms with van der Waals surface area (Å²) < 4.78 is 5.25. The van der Waals surface area contributed by atoms with Crippen molar-refractivity contribution in [3.8, 4) is 0 Å². The van der Waals surface area contributed by atoms with E-state index in [4.69, 9.17) is 16.3 Å². The molecule has 0 radical (unpaired) electrons. The summed E-state index contributed by atoms with van der Waals surface area (Å²) in [5, 5.41) is 3.23. The fourth-order valence-electron chi connectivity index (χ4n) is 1.98. The third-order valence-corrected chi connectivity index (χ3v) is 3.48. The van der Waals surface area contributed by atoms with Gasteiger partial charge in [-0.1, -0.05) is 55.8 Å². The number of ether oxygens (including phenoxy) is 1. The lowest BCUT2D eigenvalue weighted by Crippen LogP contribution is -2.29. The fourth-order valence-corrected chi connectivity index (χ4v) is 2.10. The van der Waals surface area contributed by atoms with Gasteiger partial charge in [0.15, 0.2) is 0 Å². The Kier molecular flexibility index (Phi) is 6.78. The smallest absolute Gasteiger partial charge is 0.354 e. The van der Waals surface area contributed by atoms with Gasteiger partial charge in [-0.2, -0.15) is 0 Å². The van der Waals surface area contributed by atoms with Crippen LogP contribution in [0.25, 0.3) is 6.08 Å². The molecule has 0 aliphatic rings. The van der Waals surface area contributed by atoms with E-state index in [0.717, 1.165) is 5.56 Å². The molecule has 1 N–H and O–H groups in total. The van der Waals surface area contributed by atoms with E-state index in [1.807, 2.05) is 19.9 Å². The van der Waals surface area contributed by atoms with E-state index < -0.39 is 5.97 Å². The van der Waals surface area contributed by atoms with Crippen LogP contribution in [0.1, 0.15) is 29.8 Å². The second-order valence-electron chi connectivity index (χ2n) is 5.92. The van der Waals surface area contributed by atoms with Gasteiger partial charge in [-0.15, -0.1) is 0 Å². The number of nitrogens with one attached hydrogen (secondary N) is 1. The number of carbonyl (C=O) groups is 2. The number of hydrogen-bond acceptors (Lipinski definition) is 3. The third kappa shape index (κ3) is 6.08. The van der Waals surface area contributed by atoms with Gasteiger partial charge in [-0.3, -0.25) is 4.79 Å². The number of hydrogen-bond donors (Lipinski definition) is 1. The first-order valence-corrected chi connectivity index (χ1v) is 8.34. The second kappa shape index (κ2) is 9.04. The predicted octanol–water partition coefficient (Wildman–Crippen LogP) is 4.31. The molecule has 0 spiro atoms. The fraction of sp³-hybridized carbons (Fsp3) is 0.200. The van der Waals surface area contributed by atoms with Crippen LogP contribution in [-0.4, -0.2) is 18.5 Å².